The number of nitro benzene ring substituents is 1. The molecule has 0 saturated carbocycles. The fourth-order valence-corrected chi connectivity index (χ4v) is 5.96. The maximum Gasteiger partial charge on any atom is 0.332 e. The molecular weight excluding hydrogens is 560 g/mol. The summed E-state index contributed by atoms with van der Waals surface area (Å²) in [7, 11) is 1.21. The van der Waals surface area contributed by atoms with Crippen LogP contribution in [-0.4, -0.2) is 60.2 Å². The molecule has 0 spiro atoms. The van der Waals surface area contributed by atoms with Crippen molar-refractivity contribution in [1.82, 2.24) is 23.2 Å². The molecule has 1 aliphatic rings. The molecule has 2 aromatic carbocycles. The van der Waals surface area contributed by atoms with Crippen LogP contribution in [0.3, 0.4) is 0 Å². The number of fused-ring (bicyclic) bond motifs is 2. The summed E-state index contributed by atoms with van der Waals surface area (Å²) >= 11 is 0. The Labute approximate surface area is 244 Å². The van der Waals surface area contributed by atoms with E-state index >= 15 is 0 Å². The number of benzene rings is 2. The van der Waals surface area contributed by atoms with Crippen LogP contribution in [0.25, 0.3) is 21.9 Å². The molecule has 0 radical (unpaired) electrons. The Morgan fingerprint density at radius 3 is 2.14 bits per heavy atom. The van der Waals surface area contributed by atoms with Crippen LogP contribution >= 0.6 is 0 Å². The SMILES string of the molecule is CCn1c(=O)n(CC)c2cc([N+](=O)[O-])c(C(=O)N3CCC(n4c(=O)c5cc(C)ccc5n(CC(=O)OC)c4=O)CC3)cc21. The van der Waals surface area contributed by atoms with Gasteiger partial charge < -0.3 is 9.64 Å². The van der Waals surface area contributed by atoms with Crippen molar-refractivity contribution >= 4 is 39.5 Å². The first-order chi connectivity index (χ1) is 20.5. The van der Waals surface area contributed by atoms with Crippen molar-refractivity contribution in [1.29, 1.82) is 0 Å². The predicted octanol–water partition coefficient (Wildman–Crippen LogP) is 2.19. The summed E-state index contributed by atoms with van der Waals surface area (Å²) < 4.78 is 10.0. The third-order valence-corrected chi connectivity index (χ3v) is 8.16. The summed E-state index contributed by atoms with van der Waals surface area (Å²) in [6, 6.07) is 7.14. The molecule has 1 saturated heterocycles. The van der Waals surface area contributed by atoms with Gasteiger partial charge >= 0.3 is 17.3 Å². The molecule has 43 heavy (non-hydrogen) atoms. The van der Waals surface area contributed by atoms with E-state index in [1.807, 2.05) is 6.92 Å². The number of nitrogens with zero attached hydrogens (tertiary/aromatic N) is 6. The molecule has 5 rings (SSSR count). The van der Waals surface area contributed by atoms with Gasteiger partial charge in [0.2, 0.25) is 0 Å². The molecule has 0 atom stereocenters. The van der Waals surface area contributed by atoms with Crippen molar-refractivity contribution in [3.8, 4) is 0 Å². The highest BCUT2D eigenvalue weighted by molar-refractivity contribution is 6.02. The van der Waals surface area contributed by atoms with Crippen LogP contribution < -0.4 is 16.9 Å². The normalized spacial score (nSPS) is 14.0. The minimum Gasteiger partial charge on any atom is -0.468 e. The van der Waals surface area contributed by atoms with Crippen molar-refractivity contribution in [3.05, 3.63) is 82.9 Å². The van der Waals surface area contributed by atoms with Crippen LogP contribution in [0.1, 0.15) is 48.7 Å². The van der Waals surface area contributed by atoms with Crippen LogP contribution in [0.15, 0.2) is 44.7 Å². The van der Waals surface area contributed by atoms with E-state index in [1.165, 1.54) is 37.8 Å². The fraction of sp³-hybridized carbons (Fsp3) is 0.414. The molecule has 1 aliphatic heterocycles. The standard InChI is InChI=1S/C29H32N6O8/c1-5-31-23-14-20(22(35(41)42)15-24(23)32(6-2)28(31)39)26(37)30-11-9-18(10-12-30)34-27(38)19-13-17(3)7-8-21(19)33(29(34)40)16-25(36)43-4/h7-8,13-15,18H,5-6,9-12,16H2,1-4H3. The largest absolute Gasteiger partial charge is 0.468 e. The van der Waals surface area contributed by atoms with Crippen molar-refractivity contribution in [2.45, 2.75) is 59.3 Å². The Morgan fingerprint density at radius 1 is 0.930 bits per heavy atom. The van der Waals surface area contributed by atoms with E-state index < -0.39 is 39.8 Å². The van der Waals surface area contributed by atoms with Gasteiger partial charge in [-0.05, 0) is 51.8 Å². The Bertz CT molecular complexity index is 1970. The van der Waals surface area contributed by atoms with E-state index in [2.05, 4.69) is 0 Å². The molecule has 0 bridgehead atoms. The van der Waals surface area contributed by atoms with Crippen molar-refractivity contribution in [2.24, 2.45) is 0 Å². The monoisotopic (exact) mass is 592 g/mol. The molecule has 1 fully saturated rings. The number of methoxy groups -OCH3 is 1. The Morgan fingerprint density at radius 2 is 1.56 bits per heavy atom. The van der Waals surface area contributed by atoms with Gasteiger partial charge in [-0.1, -0.05) is 11.6 Å². The molecule has 14 heteroatoms. The maximum atomic E-state index is 13.7. The lowest BCUT2D eigenvalue weighted by atomic mass is 10.0. The van der Waals surface area contributed by atoms with E-state index in [-0.39, 0.29) is 49.1 Å². The van der Waals surface area contributed by atoms with Gasteiger partial charge in [-0.2, -0.15) is 0 Å². The lowest BCUT2D eigenvalue weighted by Crippen LogP contribution is -2.47. The van der Waals surface area contributed by atoms with E-state index in [0.717, 1.165) is 10.1 Å². The summed E-state index contributed by atoms with van der Waals surface area (Å²) in [5.41, 5.74) is -0.0566. The quantitative estimate of drug-likeness (QED) is 0.179. The minimum absolute atomic E-state index is 0.129. The third-order valence-electron chi connectivity index (χ3n) is 8.16. The number of carbonyl (C=O) groups excluding carboxylic acids is 2. The smallest absolute Gasteiger partial charge is 0.332 e. The van der Waals surface area contributed by atoms with Crippen LogP contribution in [-0.2, 0) is 29.2 Å². The second kappa shape index (κ2) is 11.3. The zero-order valence-corrected chi connectivity index (χ0v) is 24.4. The molecule has 1 amide bonds. The second-order valence-corrected chi connectivity index (χ2v) is 10.6. The van der Waals surface area contributed by atoms with Crippen LogP contribution in [0.2, 0.25) is 0 Å². The number of carbonyl (C=O) groups is 2. The number of nitro groups is 1. The van der Waals surface area contributed by atoms with Gasteiger partial charge in [0.25, 0.3) is 17.2 Å². The average Bonchev–Trinajstić information content (AvgIpc) is 3.27. The first kappa shape index (κ1) is 29.5. The summed E-state index contributed by atoms with van der Waals surface area (Å²) in [6.07, 6.45) is 0.469. The highest BCUT2D eigenvalue weighted by Crippen LogP contribution is 2.29. The summed E-state index contributed by atoms with van der Waals surface area (Å²) in [4.78, 5) is 78.6. The highest BCUT2D eigenvalue weighted by Gasteiger charge is 2.32. The number of hydrogen-bond donors (Lipinski definition) is 0. The lowest BCUT2D eigenvalue weighted by Gasteiger charge is -2.33. The van der Waals surface area contributed by atoms with Gasteiger partial charge in [0.05, 0.1) is 34.0 Å². The zero-order valence-electron chi connectivity index (χ0n) is 24.4. The van der Waals surface area contributed by atoms with Gasteiger partial charge in [0, 0.05) is 38.3 Å². The summed E-state index contributed by atoms with van der Waals surface area (Å²) in [5, 5.41) is 12.3. The topological polar surface area (TPSA) is 161 Å². The average molecular weight is 593 g/mol. The van der Waals surface area contributed by atoms with Crippen LogP contribution in [0.5, 0.6) is 0 Å². The van der Waals surface area contributed by atoms with Gasteiger partial charge in [-0.3, -0.25) is 42.8 Å². The molecule has 226 valence electrons. The number of aryl methyl sites for hydroxylation is 3. The number of piperidine rings is 1. The first-order valence-electron chi connectivity index (χ1n) is 14.1. The number of aromatic nitrogens is 4. The predicted molar refractivity (Wildman–Crippen MR) is 158 cm³/mol. The first-order valence-corrected chi connectivity index (χ1v) is 14.1. The molecule has 0 N–H and O–H groups in total. The van der Waals surface area contributed by atoms with Crippen LogP contribution in [0.4, 0.5) is 5.69 Å². The van der Waals surface area contributed by atoms with Crippen LogP contribution in [0, 0.1) is 17.0 Å². The Kier molecular flexibility index (Phi) is 7.78. The summed E-state index contributed by atoms with van der Waals surface area (Å²) in [5.74, 6) is -1.22. The van der Waals surface area contributed by atoms with Gasteiger partial charge in [-0.15, -0.1) is 0 Å². The second-order valence-electron chi connectivity index (χ2n) is 10.6. The van der Waals surface area contributed by atoms with Gasteiger partial charge in [-0.25, -0.2) is 9.59 Å². The van der Waals surface area contributed by atoms with E-state index in [4.69, 9.17) is 4.74 Å². The molecule has 0 unspecified atom stereocenters. The molecule has 14 nitrogen and oxygen atoms in total. The number of amides is 1. The number of rotatable bonds is 7. The number of ether oxygens (including phenoxy) is 1. The molecular formula is C29H32N6O8. The Hall–Kier alpha value is -5.01. The minimum atomic E-state index is -0.657. The Balaban J connectivity index is 1.50. The van der Waals surface area contributed by atoms with E-state index in [0.29, 0.717) is 29.6 Å². The zero-order chi connectivity index (χ0) is 31.2. The highest BCUT2D eigenvalue weighted by atomic mass is 16.6. The van der Waals surface area contributed by atoms with Crippen molar-refractivity contribution in [3.63, 3.8) is 0 Å². The van der Waals surface area contributed by atoms with Crippen molar-refractivity contribution in [2.75, 3.05) is 20.2 Å². The van der Waals surface area contributed by atoms with Gasteiger partial charge in [0.1, 0.15) is 12.1 Å². The number of imidazole rings is 1. The number of esters is 1. The van der Waals surface area contributed by atoms with Gasteiger partial charge in [0.15, 0.2) is 0 Å². The fourth-order valence-electron chi connectivity index (χ4n) is 5.96. The molecule has 4 aromatic rings. The van der Waals surface area contributed by atoms with E-state index in [9.17, 15) is 34.1 Å². The van der Waals surface area contributed by atoms with E-state index in [1.54, 1.807) is 32.0 Å². The maximum absolute atomic E-state index is 13.7. The molecule has 3 heterocycles. The number of hydrogen-bond acceptors (Lipinski definition) is 8. The lowest BCUT2D eigenvalue weighted by molar-refractivity contribution is -0.385. The molecule has 2 aromatic heterocycles. The van der Waals surface area contributed by atoms with Crippen molar-refractivity contribution < 1.29 is 19.2 Å². The summed E-state index contributed by atoms with van der Waals surface area (Å²) in [6.45, 7) is 5.89. The molecule has 0 aliphatic carbocycles. The number of likely N-dealkylation sites (tertiary alicyclic amines) is 1. The third kappa shape index (κ3) is 4.91.